The van der Waals surface area contributed by atoms with E-state index in [4.69, 9.17) is 9.72 Å². The molecule has 0 unspecified atom stereocenters. The highest BCUT2D eigenvalue weighted by Gasteiger charge is 2.28. The molecule has 0 spiro atoms. The van der Waals surface area contributed by atoms with E-state index in [1.54, 1.807) is 11.8 Å². The third-order valence-corrected chi connectivity index (χ3v) is 6.99. The third kappa shape index (κ3) is 4.67. The van der Waals surface area contributed by atoms with Gasteiger partial charge in [0.05, 0.1) is 24.2 Å². The normalized spacial score (nSPS) is 12.3. The number of rotatable bonds is 6. The minimum Gasteiger partial charge on any atom is -0.494 e. The van der Waals surface area contributed by atoms with E-state index >= 15 is 0 Å². The quantitative estimate of drug-likeness (QED) is 0.374. The van der Waals surface area contributed by atoms with E-state index in [1.165, 1.54) is 0 Å². The number of hydrogen-bond donors (Lipinski definition) is 2. The Bertz CT molecular complexity index is 1500. The lowest BCUT2D eigenvalue weighted by Crippen LogP contribution is -2.16. The number of fused-ring (bicyclic) bond motifs is 3. The minimum absolute atomic E-state index is 0.208. The number of aromatic nitrogens is 4. The van der Waals surface area contributed by atoms with Crippen LogP contribution in [0.5, 0.6) is 5.75 Å². The second kappa shape index (κ2) is 10.2. The summed E-state index contributed by atoms with van der Waals surface area (Å²) in [5.74, 6) is 0.942. The van der Waals surface area contributed by atoms with Crippen molar-refractivity contribution in [3.8, 4) is 17.1 Å². The van der Waals surface area contributed by atoms with Crippen LogP contribution in [0.2, 0.25) is 0 Å². The average Bonchev–Trinajstić information content (AvgIpc) is 3.10. The molecule has 0 atom stereocenters. The Morgan fingerprint density at radius 2 is 1.87 bits per heavy atom. The molecule has 2 aromatic heterocycles. The molecular formula is C29H33N7O2. The van der Waals surface area contributed by atoms with Gasteiger partial charge in [-0.1, -0.05) is 18.2 Å². The topological polar surface area (TPSA) is 97.2 Å². The number of carbonyl (C=O) groups excluding carboxylic acids is 1. The summed E-state index contributed by atoms with van der Waals surface area (Å²) in [6.45, 7) is 3.98. The van der Waals surface area contributed by atoms with Gasteiger partial charge in [0.25, 0.3) is 5.91 Å². The van der Waals surface area contributed by atoms with E-state index in [0.29, 0.717) is 17.4 Å². The average molecular weight is 512 g/mol. The van der Waals surface area contributed by atoms with E-state index in [1.807, 2.05) is 82.5 Å². The van der Waals surface area contributed by atoms with E-state index < -0.39 is 0 Å². The van der Waals surface area contributed by atoms with E-state index in [0.717, 1.165) is 70.0 Å². The Hall–Kier alpha value is -4.40. The fraction of sp³-hybridized carbons (Fsp3) is 0.310. The summed E-state index contributed by atoms with van der Waals surface area (Å²) in [7, 11) is 7.48. The first-order chi connectivity index (χ1) is 18.3. The lowest BCUT2D eigenvalue weighted by atomic mass is 10.1. The molecule has 0 fully saturated rings. The van der Waals surface area contributed by atoms with Gasteiger partial charge in [0.2, 0.25) is 5.95 Å². The number of amides is 1. The molecule has 0 aliphatic heterocycles. The summed E-state index contributed by atoms with van der Waals surface area (Å²) < 4.78 is 7.37. The smallest absolute Gasteiger partial charge is 0.276 e. The monoisotopic (exact) mass is 511 g/mol. The molecule has 2 N–H and O–H groups in total. The van der Waals surface area contributed by atoms with Gasteiger partial charge >= 0.3 is 0 Å². The Kier molecular flexibility index (Phi) is 6.75. The Balaban J connectivity index is 1.51. The van der Waals surface area contributed by atoms with Crippen LogP contribution >= 0.6 is 0 Å². The number of nitrogens with one attached hydrogen (secondary N) is 2. The molecule has 0 radical (unpaired) electrons. The molecule has 9 nitrogen and oxygen atoms in total. The lowest BCUT2D eigenvalue weighted by Gasteiger charge is -2.17. The van der Waals surface area contributed by atoms with Gasteiger partial charge in [-0.3, -0.25) is 9.48 Å². The van der Waals surface area contributed by atoms with Crippen molar-refractivity contribution in [2.45, 2.75) is 33.1 Å². The standard InChI is InChI=1S/C29H33N7O2/c1-17-9-7-10-18(2)24(17)32-28(37)26-21-12-8-11-19-16-30-29(33-25(19)27(21)36(5)34-26)31-22-14-13-20(35(3)4)15-23(22)38-6/h7,9-10,13-16H,8,11-12H2,1-6H3,(H,32,37)(H,30,31,33). The first kappa shape index (κ1) is 25.3. The molecule has 1 aliphatic carbocycles. The van der Waals surface area contributed by atoms with Gasteiger partial charge in [0.15, 0.2) is 5.69 Å². The first-order valence-electron chi connectivity index (χ1n) is 12.7. The molecule has 9 heteroatoms. The van der Waals surface area contributed by atoms with Crippen molar-refractivity contribution in [2.24, 2.45) is 7.05 Å². The van der Waals surface area contributed by atoms with Crippen molar-refractivity contribution in [1.29, 1.82) is 0 Å². The maximum atomic E-state index is 13.4. The molecule has 1 amide bonds. The molecule has 196 valence electrons. The van der Waals surface area contributed by atoms with E-state index in [-0.39, 0.29) is 5.91 Å². The number of methoxy groups -OCH3 is 1. The van der Waals surface area contributed by atoms with Crippen LogP contribution in [0.1, 0.15) is 39.2 Å². The number of nitrogens with zero attached hydrogens (tertiary/aromatic N) is 5. The number of para-hydroxylation sites is 1. The molecule has 0 saturated heterocycles. The van der Waals surface area contributed by atoms with E-state index in [2.05, 4.69) is 20.7 Å². The summed E-state index contributed by atoms with van der Waals surface area (Å²) in [5, 5.41) is 11.1. The number of benzene rings is 2. The molecule has 0 bridgehead atoms. The Morgan fingerprint density at radius 3 is 2.58 bits per heavy atom. The number of anilines is 4. The van der Waals surface area contributed by atoms with Crippen LogP contribution in [0, 0.1) is 13.8 Å². The van der Waals surface area contributed by atoms with Crippen molar-refractivity contribution in [1.82, 2.24) is 19.7 Å². The van der Waals surface area contributed by atoms with Crippen molar-refractivity contribution in [3.63, 3.8) is 0 Å². The van der Waals surface area contributed by atoms with Crippen molar-refractivity contribution in [2.75, 3.05) is 36.7 Å². The number of hydrogen-bond acceptors (Lipinski definition) is 7. The predicted molar refractivity (Wildman–Crippen MR) is 151 cm³/mol. The molecule has 2 aromatic carbocycles. The van der Waals surface area contributed by atoms with Gasteiger partial charge in [0.1, 0.15) is 5.75 Å². The highest BCUT2D eigenvalue weighted by molar-refractivity contribution is 6.05. The van der Waals surface area contributed by atoms with Crippen molar-refractivity contribution < 1.29 is 9.53 Å². The number of aryl methyl sites for hydroxylation is 4. The fourth-order valence-corrected chi connectivity index (χ4v) is 4.96. The van der Waals surface area contributed by atoms with Crippen LogP contribution in [0.3, 0.4) is 0 Å². The Morgan fingerprint density at radius 1 is 1.11 bits per heavy atom. The highest BCUT2D eigenvalue weighted by atomic mass is 16.5. The largest absolute Gasteiger partial charge is 0.494 e. The van der Waals surface area contributed by atoms with Crippen LogP contribution in [-0.2, 0) is 19.9 Å². The van der Waals surface area contributed by atoms with Crippen molar-refractivity contribution >= 4 is 28.9 Å². The molecule has 0 saturated carbocycles. The number of carbonyl (C=O) groups is 1. The summed E-state index contributed by atoms with van der Waals surface area (Å²) >= 11 is 0. The highest BCUT2D eigenvalue weighted by Crippen LogP contribution is 2.35. The zero-order valence-electron chi connectivity index (χ0n) is 22.7. The number of ether oxygens (including phenoxy) is 1. The van der Waals surface area contributed by atoms with Gasteiger partial charge in [-0.25, -0.2) is 9.97 Å². The minimum atomic E-state index is -0.208. The summed E-state index contributed by atoms with van der Waals surface area (Å²) in [5.41, 5.74) is 8.69. The van der Waals surface area contributed by atoms with Crippen LogP contribution in [0.15, 0.2) is 42.6 Å². The summed E-state index contributed by atoms with van der Waals surface area (Å²) in [6, 6.07) is 11.9. The zero-order valence-corrected chi connectivity index (χ0v) is 22.7. The van der Waals surface area contributed by atoms with Gasteiger partial charge in [-0.05, 0) is 61.9 Å². The lowest BCUT2D eigenvalue weighted by molar-refractivity contribution is 0.102. The zero-order chi connectivity index (χ0) is 27.0. The molecular weight excluding hydrogens is 478 g/mol. The molecule has 4 aromatic rings. The van der Waals surface area contributed by atoms with Gasteiger partial charge in [0, 0.05) is 50.3 Å². The summed E-state index contributed by atoms with van der Waals surface area (Å²) in [4.78, 5) is 24.9. The summed E-state index contributed by atoms with van der Waals surface area (Å²) in [6.07, 6.45) is 4.30. The molecule has 2 heterocycles. The molecule has 1 aliphatic rings. The second-order valence-corrected chi connectivity index (χ2v) is 9.85. The third-order valence-electron chi connectivity index (χ3n) is 6.99. The fourth-order valence-electron chi connectivity index (χ4n) is 4.96. The van der Waals surface area contributed by atoms with Crippen LogP contribution in [0.4, 0.5) is 23.0 Å². The first-order valence-corrected chi connectivity index (χ1v) is 12.7. The maximum Gasteiger partial charge on any atom is 0.276 e. The Labute approximate surface area is 222 Å². The molecule has 38 heavy (non-hydrogen) atoms. The van der Waals surface area contributed by atoms with E-state index in [9.17, 15) is 4.79 Å². The second-order valence-electron chi connectivity index (χ2n) is 9.85. The SMILES string of the molecule is COc1cc(N(C)C)ccc1Nc1ncc2c(n1)-c1c(c(C(=O)Nc3c(C)cccc3C)nn1C)CCC2. The van der Waals surface area contributed by atoms with Crippen LogP contribution in [-0.4, -0.2) is 46.9 Å². The molecule has 5 rings (SSSR count). The predicted octanol–water partition coefficient (Wildman–Crippen LogP) is 5.05. The van der Waals surface area contributed by atoms with Gasteiger partial charge < -0.3 is 20.3 Å². The van der Waals surface area contributed by atoms with Crippen LogP contribution < -0.4 is 20.3 Å². The van der Waals surface area contributed by atoms with Crippen molar-refractivity contribution in [3.05, 3.63) is 70.5 Å². The van der Waals surface area contributed by atoms with Gasteiger partial charge in [-0.15, -0.1) is 0 Å². The maximum absolute atomic E-state index is 13.4. The van der Waals surface area contributed by atoms with Crippen LogP contribution in [0.25, 0.3) is 11.4 Å². The van der Waals surface area contributed by atoms with Gasteiger partial charge in [-0.2, -0.15) is 5.10 Å².